The molecule has 0 heteroatoms. The molecule has 0 saturated heterocycles. The topological polar surface area (TPSA) is 0 Å². The number of fused-ring (bicyclic) bond motifs is 1. The fourth-order valence-electron chi connectivity index (χ4n) is 2.47. The first kappa shape index (κ1) is 7.64. The lowest BCUT2D eigenvalue weighted by Gasteiger charge is -2.24. The maximum Gasteiger partial charge on any atom is -0.00743 e. The van der Waals surface area contributed by atoms with Crippen LogP contribution in [0.4, 0.5) is 0 Å². The summed E-state index contributed by atoms with van der Waals surface area (Å²) in [7, 11) is 0. The zero-order chi connectivity index (χ0) is 8.06. The smallest absolute Gasteiger partial charge is 0.00743 e. The van der Waals surface area contributed by atoms with E-state index < -0.39 is 0 Å². The SMILES string of the molecule is CC1CC(C)(C)[C]2[CH][CH][CH][C]21. The van der Waals surface area contributed by atoms with Gasteiger partial charge < -0.3 is 0 Å². The van der Waals surface area contributed by atoms with Gasteiger partial charge in [0.05, 0.1) is 0 Å². The Morgan fingerprint density at radius 1 is 1.36 bits per heavy atom. The predicted octanol–water partition coefficient (Wildman–Crippen LogP) is 2.83. The van der Waals surface area contributed by atoms with Crippen molar-refractivity contribution in [1.29, 1.82) is 0 Å². The first-order valence-electron chi connectivity index (χ1n) is 4.37. The number of hydrogen-bond donors (Lipinski definition) is 0. The minimum absolute atomic E-state index is 0.429. The van der Waals surface area contributed by atoms with Crippen LogP contribution in [0.25, 0.3) is 0 Å². The Bertz CT molecular complexity index is 157. The van der Waals surface area contributed by atoms with Crippen molar-refractivity contribution >= 4 is 0 Å². The average Bonchev–Trinajstić information content (AvgIpc) is 2.37. The number of hydrogen-bond acceptors (Lipinski definition) is 0. The molecule has 5 radical (unpaired) electrons. The highest BCUT2D eigenvalue weighted by Gasteiger charge is 2.49. The standard InChI is InChI=1S/C11H15/c1-8-7-11(2,3)10-6-4-5-9(8)10/h4-6,8H,7H2,1-3H3. The van der Waals surface area contributed by atoms with Gasteiger partial charge in [-0.25, -0.2) is 0 Å². The van der Waals surface area contributed by atoms with Crippen LogP contribution >= 0.6 is 0 Å². The van der Waals surface area contributed by atoms with Gasteiger partial charge >= 0.3 is 0 Å². The fourth-order valence-corrected chi connectivity index (χ4v) is 2.47. The minimum atomic E-state index is 0.429. The van der Waals surface area contributed by atoms with Crippen LogP contribution in [0.15, 0.2) is 0 Å². The summed E-state index contributed by atoms with van der Waals surface area (Å²) in [5.74, 6) is 3.93. The van der Waals surface area contributed by atoms with Gasteiger partial charge in [0.25, 0.3) is 0 Å². The van der Waals surface area contributed by atoms with Crippen LogP contribution in [0.5, 0.6) is 0 Å². The molecule has 0 nitrogen and oxygen atoms in total. The molecule has 1 atom stereocenters. The molecule has 0 aromatic carbocycles. The lowest BCUT2D eigenvalue weighted by Crippen LogP contribution is -2.15. The van der Waals surface area contributed by atoms with E-state index in [2.05, 4.69) is 40.0 Å². The van der Waals surface area contributed by atoms with Crippen molar-refractivity contribution in [2.45, 2.75) is 27.2 Å². The third-order valence-corrected chi connectivity index (χ3v) is 2.93. The molecule has 2 aliphatic rings. The lowest BCUT2D eigenvalue weighted by molar-refractivity contribution is 0.395. The molecular weight excluding hydrogens is 132 g/mol. The molecule has 0 spiro atoms. The Morgan fingerprint density at radius 2 is 2.09 bits per heavy atom. The van der Waals surface area contributed by atoms with Gasteiger partial charge in [-0.2, -0.15) is 0 Å². The second kappa shape index (κ2) is 2.24. The van der Waals surface area contributed by atoms with E-state index in [1.807, 2.05) is 0 Å². The maximum absolute atomic E-state index is 2.34. The minimum Gasteiger partial charge on any atom is -0.0619 e. The molecule has 59 valence electrons. The summed E-state index contributed by atoms with van der Waals surface area (Å²) >= 11 is 0. The summed E-state index contributed by atoms with van der Waals surface area (Å²) < 4.78 is 0. The Kier molecular flexibility index (Phi) is 1.56. The monoisotopic (exact) mass is 147 g/mol. The molecule has 2 fully saturated rings. The van der Waals surface area contributed by atoms with E-state index in [0.717, 1.165) is 5.92 Å². The van der Waals surface area contributed by atoms with E-state index in [1.165, 1.54) is 6.42 Å². The molecule has 1 unspecified atom stereocenters. The summed E-state index contributed by atoms with van der Waals surface area (Å²) in [6.07, 6.45) is 8.05. The highest BCUT2D eigenvalue weighted by Crippen LogP contribution is 2.58. The molecule has 2 aliphatic carbocycles. The van der Waals surface area contributed by atoms with Crippen molar-refractivity contribution in [2.24, 2.45) is 11.3 Å². The van der Waals surface area contributed by atoms with Gasteiger partial charge in [-0.1, -0.05) is 20.8 Å². The van der Waals surface area contributed by atoms with Crippen LogP contribution in [0.2, 0.25) is 0 Å². The van der Waals surface area contributed by atoms with E-state index in [1.54, 1.807) is 11.8 Å². The van der Waals surface area contributed by atoms with Crippen LogP contribution in [-0.4, -0.2) is 0 Å². The van der Waals surface area contributed by atoms with E-state index in [4.69, 9.17) is 0 Å². The first-order valence-corrected chi connectivity index (χ1v) is 4.37. The molecule has 2 rings (SSSR count). The largest absolute Gasteiger partial charge is 0.0619 e. The summed E-state index contributed by atoms with van der Waals surface area (Å²) in [5.41, 5.74) is 0.429. The van der Waals surface area contributed by atoms with Crippen molar-refractivity contribution in [1.82, 2.24) is 0 Å². The van der Waals surface area contributed by atoms with Gasteiger partial charge in [0.2, 0.25) is 0 Å². The van der Waals surface area contributed by atoms with Gasteiger partial charge in [0.15, 0.2) is 0 Å². The van der Waals surface area contributed by atoms with Crippen molar-refractivity contribution in [3.63, 3.8) is 0 Å². The molecule has 0 amide bonds. The highest BCUT2D eigenvalue weighted by atomic mass is 14.5. The molecule has 2 saturated carbocycles. The van der Waals surface area contributed by atoms with Crippen molar-refractivity contribution < 1.29 is 0 Å². The Labute approximate surface area is 70.4 Å². The normalized spacial score (nSPS) is 37.9. The van der Waals surface area contributed by atoms with E-state index >= 15 is 0 Å². The average molecular weight is 147 g/mol. The summed E-state index contributed by atoms with van der Waals surface area (Å²) in [5, 5.41) is 0. The number of rotatable bonds is 0. The van der Waals surface area contributed by atoms with Gasteiger partial charge in [-0.3, -0.25) is 0 Å². The van der Waals surface area contributed by atoms with E-state index in [9.17, 15) is 0 Å². The van der Waals surface area contributed by atoms with E-state index in [0.29, 0.717) is 5.41 Å². The van der Waals surface area contributed by atoms with Gasteiger partial charge in [0.1, 0.15) is 0 Å². The van der Waals surface area contributed by atoms with Crippen molar-refractivity contribution in [3.8, 4) is 0 Å². The van der Waals surface area contributed by atoms with Crippen molar-refractivity contribution in [2.75, 3.05) is 0 Å². The third kappa shape index (κ3) is 1.02. The third-order valence-electron chi connectivity index (χ3n) is 2.93. The molecule has 0 bridgehead atoms. The molecule has 0 N–H and O–H groups in total. The van der Waals surface area contributed by atoms with Crippen molar-refractivity contribution in [3.05, 3.63) is 31.1 Å². The fraction of sp³-hybridized carbons (Fsp3) is 0.545. The van der Waals surface area contributed by atoms with Gasteiger partial charge in [0, 0.05) is 0 Å². The molecule has 11 heavy (non-hydrogen) atoms. The Morgan fingerprint density at radius 3 is 2.73 bits per heavy atom. The molecule has 0 aromatic heterocycles. The zero-order valence-electron chi connectivity index (χ0n) is 7.52. The highest BCUT2D eigenvalue weighted by molar-refractivity contribution is 5.51. The van der Waals surface area contributed by atoms with E-state index in [-0.39, 0.29) is 0 Å². The summed E-state index contributed by atoms with van der Waals surface area (Å²) in [6.45, 7) is 7.01. The van der Waals surface area contributed by atoms with Crippen LogP contribution < -0.4 is 0 Å². The lowest BCUT2D eigenvalue weighted by atomic mass is 9.80. The molecule has 0 aromatic rings. The quantitative estimate of drug-likeness (QED) is 0.494. The zero-order valence-corrected chi connectivity index (χ0v) is 7.52. The van der Waals surface area contributed by atoms with Crippen LogP contribution in [0, 0.1) is 42.4 Å². The summed E-state index contributed by atoms with van der Waals surface area (Å²) in [6, 6.07) is 0. The van der Waals surface area contributed by atoms with Crippen LogP contribution in [-0.2, 0) is 0 Å². The maximum atomic E-state index is 2.34. The molecule has 0 aliphatic heterocycles. The first-order chi connectivity index (χ1) is 5.11. The second-order valence-corrected chi connectivity index (χ2v) is 4.38. The van der Waals surface area contributed by atoms with Crippen LogP contribution in [0.3, 0.4) is 0 Å². The summed E-state index contributed by atoms with van der Waals surface area (Å²) in [4.78, 5) is 0. The molecule has 0 heterocycles. The Hall–Kier alpha value is 0. The molecular formula is C11H15. The predicted molar refractivity (Wildman–Crippen MR) is 46.9 cm³/mol. The van der Waals surface area contributed by atoms with Gasteiger partial charge in [-0.15, -0.1) is 0 Å². The Balaban J connectivity index is 2.20. The second-order valence-electron chi connectivity index (χ2n) is 4.38. The van der Waals surface area contributed by atoms with Gasteiger partial charge in [-0.05, 0) is 48.9 Å². The van der Waals surface area contributed by atoms with Crippen LogP contribution in [0.1, 0.15) is 27.2 Å².